The van der Waals surface area contributed by atoms with E-state index in [4.69, 9.17) is 0 Å². The summed E-state index contributed by atoms with van der Waals surface area (Å²) >= 11 is 0. The van der Waals surface area contributed by atoms with Gasteiger partial charge in [-0.05, 0) is 28.5 Å². The third-order valence-corrected chi connectivity index (χ3v) is 2.89. The molecular weight excluding hydrogens is 234 g/mol. The van der Waals surface area contributed by atoms with Crippen LogP contribution < -0.4 is 5.32 Å². The fourth-order valence-electron chi connectivity index (χ4n) is 1.63. The molecule has 1 N–H and O–H groups in total. The molecular formula is C17H25NO. The lowest BCUT2D eigenvalue weighted by Gasteiger charge is -2.18. The van der Waals surface area contributed by atoms with Gasteiger partial charge in [-0.3, -0.25) is 4.79 Å². The zero-order chi connectivity index (χ0) is 14.5. The molecule has 0 atom stereocenters. The van der Waals surface area contributed by atoms with Crippen LogP contribution in [0.15, 0.2) is 30.3 Å². The van der Waals surface area contributed by atoms with Gasteiger partial charge in [-0.1, -0.05) is 58.9 Å². The molecule has 0 aromatic heterocycles. The highest BCUT2D eigenvalue weighted by molar-refractivity contribution is 5.91. The van der Waals surface area contributed by atoms with Gasteiger partial charge in [0.25, 0.3) is 0 Å². The van der Waals surface area contributed by atoms with E-state index in [9.17, 15) is 4.79 Å². The van der Waals surface area contributed by atoms with Crippen LogP contribution in [0.3, 0.4) is 0 Å². The van der Waals surface area contributed by atoms with Crippen molar-refractivity contribution in [3.63, 3.8) is 0 Å². The molecule has 0 saturated heterocycles. The quantitative estimate of drug-likeness (QED) is 0.819. The second-order valence-corrected chi connectivity index (χ2v) is 6.34. The molecule has 0 spiro atoms. The Morgan fingerprint density at radius 2 is 1.79 bits per heavy atom. The van der Waals surface area contributed by atoms with Gasteiger partial charge in [0.15, 0.2) is 0 Å². The van der Waals surface area contributed by atoms with Crippen molar-refractivity contribution in [1.82, 2.24) is 5.32 Å². The summed E-state index contributed by atoms with van der Waals surface area (Å²) in [5.74, 6) is 0.442. The Kier molecular flexibility index (Phi) is 5.34. The molecule has 104 valence electrons. The SMILES string of the molecule is CC(C)CNC(=O)/C=C/c1ccc(C(C)(C)C)cc1. The molecule has 1 rings (SSSR count). The minimum Gasteiger partial charge on any atom is -0.352 e. The topological polar surface area (TPSA) is 29.1 Å². The molecule has 2 heteroatoms. The molecule has 0 unspecified atom stereocenters. The maximum absolute atomic E-state index is 11.5. The van der Waals surface area contributed by atoms with E-state index in [1.807, 2.05) is 18.2 Å². The highest BCUT2D eigenvalue weighted by atomic mass is 16.1. The summed E-state index contributed by atoms with van der Waals surface area (Å²) in [5, 5.41) is 2.86. The summed E-state index contributed by atoms with van der Waals surface area (Å²) in [6.45, 7) is 11.4. The van der Waals surface area contributed by atoms with Crippen molar-refractivity contribution in [2.45, 2.75) is 40.0 Å². The van der Waals surface area contributed by atoms with Crippen molar-refractivity contribution in [1.29, 1.82) is 0 Å². The monoisotopic (exact) mass is 259 g/mol. The van der Waals surface area contributed by atoms with Crippen molar-refractivity contribution in [2.75, 3.05) is 6.54 Å². The highest BCUT2D eigenvalue weighted by Crippen LogP contribution is 2.22. The molecule has 0 aliphatic heterocycles. The molecule has 0 radical (unpaired) electrons. The fraction of sp³-hybridized carbons (Fsp3) is 0.471. The fourth-order valence-corrected chi connectivity index (χ4v) is 1.63. The van der Waals surface area contributed by atoms with Crippen molar-refractivity contribution in [3.05, 3.63) is 41.5 Å². The molecule has 19 heavy (non-hydrogen) atoms. The number of hydrogen-bond donors (Lipinski definition) is 1. The van der Waals surface area contributed by atoms with E-state index in [1.54, 1.807) is 6.08 Å². The lowest BCUT2D eigenvalue weighted by molar-refractivity contribution is -0.116. The second kappa shape index (κ2) is 6.55. The van der Waals surface area contributed by atoms with Gasteiger partial charge in [0, 0.05) is 12.6 Å². The van der Waals surface area contributed by atoms with Gasteiger partial charge in [0.2, 0.25) is 5.91 Å². The summed E-state index contributed by atoms with van der Waals surface area (Å²) in [6.07, 6.45) is 3.44. The number of benzene rings is 1. The summed E-state index contributed by atoms with van der Waals surface area (Å²) in [4.78, 5) is 11.5. The second-order valence-electron chi connectivity index (χ2n) is 6.34. The van der Waals surface area contributed by atoms with Crippen LogP contribution in [0, 0.1) is 5.92 Å². The van der Waals surface area contributed by atoms with Crippen LogP contribution >= 0.6 is 0 Å². The Balaban J connectivity index is 2.60. The summed E-state index contributed by atoms with van der Waals surface area (Å²) in [6, 6.07) is 8.33. The molecule has 0 fully saturated rings. The lowest BCUT2D eigenvalue weighted by atomic mass is 9.87. The number of nitrogens with one attached hydrogen (secondary N) is 1. The van der Waals surface area contributed by atoms with Gasteiger partial charge in [-0.15, -0.1) is 0 Å². The van der Waals surface area contributed by atoms with Crippen LogP contribution in [0.1, 0.15) is 45.7 Å². The standard InChI is InChI=1S/C17H25NO/c1-13(2)12-18-16(19)11-8-14-6-9-15(10-7-14)17(3,4)5/h6-11,13H,12H2,1-5H3,(H,18,19)/b11-8+. The first-order chi connectivity index (χ1) is 8.79. The van der Waals surface area contributed by atoms with Gasteiger partial charge >= 0.3 is 0 Å². The van der Waals surface area contributed by atoms with E-state index in [-0.39, 0.29) is 11.3 Å². The maximum atomic E-state index is 11.5. The molecule has 0 saturated carbocycles. The first-order valence-corrected chi connectivity index (χ1v) is 6.85. The van der Waals surface area contributed by atoms with Gasteiger partial charge in [-0.25, -0.2) is 0 Å². The molecule has 1 aromatic carbocycles. The van der Waals surface area contributed by atoms with Crippen molar-refractivity contribution < 1.29 is 4.79 Å². The third kappa shape index (κ3) is 5.73. The van der Waals surface area contributed by atoms with Crippen LogP contribution in [-0.2, 0) is 10.2 Å². The number of hydrogen-bond acceptors (Lipinski definition) is 1. The Hall–Kier alpha value is -1.57. The lowest BCUT2D eigenvalue weighted by Crippen LogP contribution is -2.25. The Morgan fingerprint density at radius 1 is 1.21 bits per heavy atom. The number of carbonyl (C=O) groups excluding carboxylic acids is 1. The van der Waals surface area contributed by atoms with E-state index in [1.165, 1.54) is 5.56 Å². The van der Waals surface area contributed by atoms with E-state index in [0.717, 1.165) is 5.56 Å². The molecule has 0 heterocycles. The average Bonchev–Trinajstić information content (AvgIpc) is 2.33. The Bertz CT molecular complexity index is 435. The molecule has 0 bridgehead atoms. The summed E-state index contributed by atoms with van der Waals surface area (Å²) in [5.41, 5.74) is 2.51. The van der Waals surface area contributed by atoms with E-state index >= 15 is 0 Å². The number of rotatable bonds is 4. The molecule has 1 amide bonds. The van der Waals surface area contributed by atoms with Gasteiger partial charge < -0.3 is 5.32 Å². The first-order valence-electron chi connectivity index (χ1n) is 6.85. The van der Waals surface area contributed by atoms with Gasteiger partial charge in [0.1, 0.15) is 0 Å². The molecule has 2 nitrogen and oxygen atoms in total. The van der Waals surface area contributed by atoms with Crippen LogP contribution in [0.5, 0.6) is 0 Å². The minimum atomic E-state index is -0.0337. The molecule has 1 aromatic rings. The molecule has 0 aliphatic rings. The van der Waals surface area contributed by atoms with Crippen LogP contribution in [-0.4, -0.2) is 12.5 Å². The summed E-state index contributed by atoms with van der Waals surface area (Å²) in [7, 11) is 0. The summed E-state index contributed by atoms with van der Waals surface area (Å²) < 4.78 is 0. The predicted molar refractivity (Wildman–Crippen MR) is 82.0 cm³/mol. The zero-order valence-corrected chi connectivity index (χ0v) is 12.7. The Morgan fingerprint density at radius 3 is 2.26 bits per heavy atom. The van der Waals surface area contributed by atoms with E-state index in [2.05, 4.69) is 52.1 Å². The Labute approximate surface area is 116 Å². The largest absolute Gasteiger partial charge is 0.352 e. The van der Waals surface area contributed by atoms with E-state index in [0.29, 0.717) is 12.5 Å². The zero-order valence-electron chi connectivity index (χ0n) is 12.7. The number of amides is 1. The highest BCUT2D eigenvalue weighted by Gasteiger charge is 2.12. The minimum absolute atomic E-state index is 0.0337. The van der Waals surface area contributed by atoms with Crippen molar-refractivity contribution in [2.24, 2.45) is 5.92 Å². The van der Waals surface area contributed by atoms with Crippen LogP contribution in [0.2, 0.25) is 0 Å². The van der Waals surface area contributed by atoms with Crippen molar-refractivity contribution >= 4 is 12.0 Å². The van der Waals surface area contributed by atoms with Crippen LogP contribution in [0.25, 0.3) is 6.08 Å². The third-order valence-electron chi connectivity index (χ3n) is 2.89. The average molecular weight is 259 g/mol. The molecule has 0 aliphatic carbocycles. The smallest absolute Gasteiger partial charge is 0.244 e. The number of carbonyl (C=O) groups is 1. The maximum Gasteiger partial charge on any atom is 0.244 e. The van der Waals surface area contributed by atoms with Gasteiger partial charge in [-0.2, -0.15) is 0 Å². The van der Waals surface area contributed by atoms with Crippen LogP contribution in [0.4, 0.5) is 0 Å². The predicted octanol–water partition coefficient (Wildman–Crippen LogP) is 3.77. The van der Waals surface area contributed by atoms with Gasteiger partial charge in [0.05, 0.1) is 0 Å². The van der Waals surface area contributed by atoms with Crippen molar-refractivity contribution in [3.8, 4) is 0 Å². The first kappa shape index (κ1) is 15.5. The normalized spacial score (nSPS) is 12.1. The van der Waals surface area contributed by atoms with E-state index < -0.39 is 0 Å².